The topological polar surface area (TPSA) is 77.0 Å². The average molecular weight is 420 g/mol. The van der Waals surface area contributed by atoms with Crippen LogP contribution in [0.3, 0.4) is 0 Å². The smallest absolute Gasteiger partial charge is 0.393 e. The minimum atomic E-state index is -2.58. The minimum Gasteiger partial charge on any atom is -0.393 e. The van der Waals surface area contributed by atoms with E-state index >= 15 is 0 Å². The van der Waals surface area contributed by atoms with Gasteiger partial charge >= 0.3 is 8.80 Å². The number of hydrogen-bond acceptors (Lipinski definition) is 5. The molecule has 7 heteroatoms. The molecule has 0 radical (unpaired) electrons. The Morgan fingerprint density at radius 3 is 2.14 bits per heavy atom. The van der Waals surface area contributed by atoms with E-state index in [2.05, 4.69) is 26.1 Å². The van der Waals surface area contributed by atoms with Crippen molar-refractivity contribution in [2.24, 2.45) is 5.41 Å². The lowest BCUT2D eigenvalue weighted by molar-refractivity contribution is -0.121. The molecule has 28 heavy (non-hydrogen) atoms. The van der Waals surface area contributed by atoms with Crippen LogP contribution in [0.15, 0.2) is 0 Å². The van der Waals surface area contributed by atoms with Crippen molar-refractivity contribution in [1.29, 1.82) is 0 Å². The summed E-state index contributed by atoms with van der Waals surface area (Å²) in [5, 5.41) is 13.1. The Hall–Kier alpha value is -0.473. The Balaban J connectivity index is 3.97. The highest BCUT2D eigenvalue weighted by molar-refractivity contribution is 6.60. The van der Waals surface area contributed by atoms with Crippen LogP contribution in [0.25, 0.3) is 0 Å². The summed E-state index contributed by atoms with van der Waals surface area (Å²) in [7, 11) is 2.28. The first-order chi connectivity index (χ1) is 13.2. The molecule has 0 saturated carbocycles. The van der Waals surface area contributed by atoms with Crippen molar-refractivity contribution in [2.75, 3.05) is 27.9 Å². The number of unbranched alkanes of at least 4 members (excludes halogenated alkanes) is 4. The van der Waals surface area contributed by atoms with E-state index in [1.165, 1.54) is 25.7 Å². The molecule has 0 aliphatic heterocycles. The summed E-state index contributed by atoms with van der Waals surface area (Å²) in [5.74, 6) is 0.0527. The number of carbonyl (C=O) groups excluding carboxylic acids is 1. The van der Waals surface area contributed by atoms with Gasteiger partial charge in [0, 0.05) is 40.3 Å². The summed E-state index contributed by atoms with van der Waals surface area (Å²) in [6.07, 6.45) is 9.36. The van der Waals surface area contributed by atoms with E-state index < -0.39 is 8.80 Å². The van der Waals surface area contributed by atoms with Gasteiger partial charge in [-0.2, -0.15) is 0 Å². The van der Waals surface area contributed by atoms with Gasteiger partial charge < -0.3 is 23.7 Å². The number of aliphatic hydroxyl groups excluding tert-OH is 1. The molecule has 1 amide bonds. The van der Waals surface area contributed by atoms with E-state index in [9.17, 15) is 9.90 Å². The van der Waals surface area contributed by atoms with Crippen LogP contribution in [0, 0.1) is 5.41 Å². The predicted molar refractivity (Wildman–Crippen MR) is 116 cm³/mol. The van der Waals surface area contributed by atoms with Gasteiger partial charge in [0.25, 0.3) is 0 Å². The molecule has 0 aromatic rings. The molecule has 0 aromatic heterocycles. The molecule has 0 fully saturated rings. The number of amides is 1. The molecular formula is C21H45NO5Si. The second kappa shape index (κ2) is 15.4. The average Bonchev–Trinajstić information content (AvgIpc) is 2.68. The lowest BCUT2D eigenvalue weighted by atomic mass is 9.90. The molecule has 0 bridgehead atoms. The van der Waals surface area contributed by atoms with Crippen LogP contribution in [0.1, 0.15) is 85.0 Å². The second-order valence-corrected chi connectivity index (χ2v) is 11.6. The maximum absolute atomic E-state index is 12.1. The fourth-order valence-corrected chi connectivity index (χ4v) is 5.28. The van der Waals surface area contributed by atoms with Gasteiger partial charge in [-0.3, -0.25) is 4.79 Å². The Morgan fingerprint density at radius 2 is 1.57 bits per heavy atom. The lowest BCUT2D eigenvalue weighted by Crippen LogP contribution is -2.44. The van der Waals surface area contributed by atoms with Crippen molar-refractivity contribution in [3.63, 3.8) is 0 Å². The van der Waals surface area contributed by atoms with E-state index in [1.807, 2.05) is 0 Å². The second-order valence-electron chi connectivity index (χ2n) is 8.49. The molecule has 0 aliphatic carbocycles. The number of aliphatic hydroxyl groups is 1. The highest BCUT2D eigenvalue weighted by Gasteiger charge is 2.39. The Labute approximate surface area is 174 Å². The number of nitrogens with one attached hydrogen (secondary N) is 1. The summed E-state index contributed by atoms with van der Waals surface area (Å²) >= 11 is 0. The number of rotatable bonds is 18. The first kappa shape index (κ1) is 27.5. The molecule has 1 unspecified atom stereocenters. The highest BCUT2D eigenvalue weighted by atomic mass is 28.4. The highest BCUT2D eigenvalue weighted by Crippen LogP contribution is 2.27. The van der Waals surface area contributed by atoms with Crippen molar-refractivity contribution in [3.05, 3.63) is 0 Å². The van der Waals surface area contributed by atoms with Crippen LogP contribution in [-0.4, -0.2) is 53.8 Å². The zero-order valence-corrected chi connectivity index (χ0v) is 20.1. The lowest BCUT2D eigenvalue weighted by Gasteiger charge is -2.30. The molecular weight excluding hydrogens is 374 g/mol. The van der Waals surface area contributed by atoms with E-state index in [0.717, 1.165) is 25.7 Å². The summed E-state index contributed by atoms with van der Waals surface area (Å²) in [6.45, 7) is 7.05. The quantitative estimate of drug-likeness (QED) is 0.256. The van der Waals surface area contributed by atoms with E-state index in [-0.39, 0.29) is 17.4 Å². The van der Waals surface area contributed by atoms with Gasteiger partial charge in [-0.15, -0.1) is 0 Å². The van der Waals surface area contributed by atoms with Crippen LogP contribution in [0.5, 0.6) is 0 Å². The Kier molecular flexibility index (Phi) is 15.1. The van der Waals surface area contributed by atoms with Crippen molar-refractivity contribution < 1.29 is 23.2 Å². The molecule has 0 spiro atoms. The SMILES string of the molecule is CCCCCCCC(O)CCCC(=O)NCC(C)(C)CC[Si](OC)(OC)OC. The summed E-state index contributed by atoms with van der Waals surface area (Å²) in [6, 6.07) is 0.712. The van der Waals surface area contributed by atoms with Crippen LogP contribution >= 0.6 is 0 Å². The van der Waals surface area contributed by atoms with Crippen molar-refractivity contribution >= 4 is 14.7 Å². The normalized spacial score (nSPS) is 13.5. The molecule has 0 saturated heterocycles. The standard InChI is InChI=1S/C21H45NO5Si/c1-7-8-9-10-11-13-19(23)14-12-15-20(24)22-18-21(2,3)16-17-28(25-4,26-5)27-6/h19,23H,7-18H2,1-6H3,(H,22,24). The van der Waals surface area contributed by atoms with Gasteiger partial charge in [0.2, 0.25) is 5.91 Å². The maximum atomic E-state index is 12.1. The Bertz CT molecular complexity index is 394. The maximum Gasteiger partial charge on any atom is 0.500 e. The van der Waals surface area contributed by atoms with Gasteiger partial charge in [-0.1, -0.05) is 52.9 Å². The summed E-state index contributed by atoms with van der Waals surface area (Å²) < 4.78 is 16.4. The monoisotopic (exact) mass is 419 g/mol. The fraction of sp³-hybridized carbons (Fsp3) is 0.952. The van der Waals surface area contributed by atoms with Gasteiger partial charge in [0.05, 0.1) is 6.10 Å². The molecule has 2 N–H and O–H groups in total. The molecule has 0 aliphatic rings. The van der Waals surface area contributed by atoms with Crippen LogP contribution < -0.4 is 5.32 Å². The predicted octanol–water partition coefficient (Wildman–Crippen LogP) is 4.29. The van der Waals surface area contributed by atoms with E-state index in [4.69, 9.17) is 13.3 Å². The van der Waals surface area contributed by atoms with Gasteiger partial charge in [0.1, 0.15) is 0 Å². The Morgan fingerprint density at radius 1 is 1.00 bits per heavy atom. The molecule has 6 nitrogen and oxygen atoms in total. The molecule has 168 valence electrons. The third-order valence-corrected chi connectivity index (χ3v) is 8.12. The van der Waals surface area contributed by atoms with Crippen LogP contribution in [0.2, 0.25) is 6.04 Å². The summed E-state index contributed by atoms with van der Waals surface area (Å²) in [4.78, 5) is 12.1. The zero-order chi connectivity index (χ0) is 21.5. The largest absolute Gasteiger partial charge is 0.500 e. The van der Waals surface area contributed by atoms with Crippen molar-refractivity contribution in [1.82, 2.24) is 5.32 Å². The van der Waals surface area contributed by atoms with Crippen molar-refractivity contribution in [3.8, 4) is 0 Å². The number of carbonyl (C=O) groups is 1. The van der Waals surface area contributed by atoms with Crippen LogP contribution in [-0.2, 0) is 18.1 Å². The van der Waals surface area contributed by atoms with Crippen molar-refractivity contribution in [2.45, 2.75) is 97.1 Å². The third kappa shape index (κ3) is 12.9. The summed E-state index contributed by atoms with van der Waals surface area (Å²) in [5.41, 5.74) is -0.0680. The van der Waals surface area contributed by atoms with Crippen LogP contribution in [0.4, 0.5) is 0 Å². The first-order valence-electron chi connectivity index (χ1n) is 10.8. The fourth-order valence-electron chi connectivity index (χ4n) is 3.19. The third-order valence-electron chi connectivity index (χ3n) is 5.39. The molecule has 1 atom stereocenters. The molecule has 0 heterocycles. The molecule has 0 aromatic carbocycles. The van der Waals surface area contributed by atoms with Gasteiger partial charge in [-0.05, 0) is 31.1 Å². The van der Waals surface area contributed by atoms with E-state index in [1.54, 1.807) is 21.3 Å². The zero-order valence-electron chi connectivity index (χ0n) is 19.1. The van der Waals surface area contributed by atoms with Gasteiger partial charge in [-0.25, -0.2) is 0 Å². The van der Waals surface area contributed by atoms with E-state index in [0.29, 0.717) is 25.4 Å². The first-order valence-corrected chi connectivity index (χ1v) is 12.8. The van der Waals surface area contributed by atoms with Gasteiger partial charge in [0.15, 0.2) is 0 Å². The minimum absolute atomic E-state index is 0.0527. The number of hydrogen-bond donors (Lipinski definition) is 2. The molecule has 0 rings (SSSR count).